The standard InChI is InChI=1S/C15H17N3O3/c1-11(12-4-7-14(21-3)8-5-12)17(2)15-9-6-13(10-16-15)18(19)20/h4-11H,1-3H3/t11-/m0/s1. The number of anilines is 1. The minimum absolute atomic E-state index is 0.00995. The van der Waals surface area contributed by atoms with E-state index in [0.717, 1.165) is 11.3 Å². The van der Waals surface area contributed by atoms with Crippen molar-refractivity contribution >= 4 is 11.5 Å². The van der Waals surface area contributed by atoms with Gasteiger partial charge < -0.3 is 9.64 Å². The van der Waals surface area contributed by atoms with Crippen LogP contribution < -0.4 is 9.64 Å². The lowest BCUT2D eigenvalue weighted by atomic mass is 10.1. The highest BCUT2D eigenvalue weighted by Gasteiger charge is 2.15. The fourth-order valence-electron chi connectivity index (χ4n) is 2.00. The Kier molecular flexibility index (Phi) is 4.37. The number of methoxy groups -OCH3 is 1. The molecule has 1 aromatic heterocycles. The molecule has 1 heterocycles. The van der Waals surface area contributed by atoms with Gasteiger partial charge in [0.1, 0.15) is 17.8 Å². The Morgan fingerprint density at radius 1 is 1.24 bits per heavy atom. The number of rotatable bonds is 5. The van der Waals surface area contributed by atoms with E-state index in [1.165, 1.54) is 12.3 Å². The number of pyridine rings is 1. The summed E-state index contributed by atoms with van der Waals surface area (Å²) in [6.07, 6.45) is 1.27. The Balaban J connectivity index is 2.17. The van der Waals surface area contributed by atoms with Crippen LogP contribution in [0.15, 0.2) is 42.6 Å². The molecule has 0 fully saturated rings. The van der Waals surface area contributed by atoms with Crippen LogP contribution in [0.4, 0.5) is 11.5 Å². The zero-order valence-corrected chi connectivity index (χ0v) is 12.2. The van der Waals surface area contributed by atoms with Crippen LogP contribution in [0, 0.1) is 10.1 Å². The predicted octanol–water partition coefficient (Wildman–Crippen LogP) is 3.20. The van der Waals surface area contributed by atoms with Gasteiger partial charge in [0.2, 0.25) is 0 Å². The first kappa shape index (κ1) is 14.8. The highest BCUT2D eigenvalue weighted by atomic mass is 16.6. The van der Waals surface area contributed by atoms with Crippen molar-refractivity contribution in [3.63, 3.8) is 0 Å². The van der Waals surface area contributed by atoms with Crippen LogP contribution in [0.5, 0.6) is 5.75 Å². The zero-order valence-electron chi connectivity index (χ0n) is 12.2. The first-order valence-electron chi connectivity index (χ1n) is 6.50. The summed E-state index contributed by atoms with van der Waals surface area (Å²) in [6.45, 7) is 2.05. The lowest BCUT2D eigenvalue weighted by Gasteiger charge is -2.26. The largest absolute Gasteiger partial charge is 0.497 e. The van der Waals surface area contributed by atoms with Gasteiger partial charge in [0.15, 0.2) is 0 Å². The fraction of sp³-hybridized carbons (Fsp3) is 0.267. The Hall–Kier alpha value is -2.63. The van der Waals surface area contributed by atoms with Gasteiger partial charge in [-0.25, -0.2) is 4.98 Å². The highest BCUT2D eigenvalue weighted by molar-refractivity contribution is 5.45. The molecule has 0 saturated heterocycles. The van der Waals surface area contributed by atoms with Gasteiger partial charge in [-0.05, 0) is 30.7 Å². The van der Waals surface area contributed by atoms with Crippen molar-refractivity contribution in [2.75, 3.05) is 19.1 Å². The molecule has 0 aliphatic rings. The molecule has 0 radical (unpaired) electrons. The van der Waals surface area contributed by atoms with Gasteiger partial charge in [0.05, 0.1) is 18.1 Å². The molecule has 110 valence electrons. The Morgan fingerprint density at radius 2 is 1.90 bits per heavy atom. The third-order valence-corrected chi connectivity index (χ3v) is 3.48. The SMILES string of the molecule is COc1ccc([C@H](C)N(C)c2ccc([N+](=O)[O-])cn2)cc1. The van der Waals surface area contributed by atoms with Crippen LogP contribution in [0.1, 0.15) is 18.5 Å². The molecule has 6 nitrogen and oxygen atoms in total. The number of nitro groups is 1. The quantitative estimate of drug-likeness (QED) is 0.624. The smallest absolute Gasteiger partial charge is 0.287 e. The molecule has 0 unspecified atom stereocenters. The summed E-state index contributed by atoms with van der Waals surface area (Å²) >= 11 is 0. The summed E-state index contributed by atoms with van der Waals surface area (Å²) in [7, 11) is 3.54. The van der Waals surface area contributed by atoms with E-state index in [1.54, 1.807) is 13.2 Å². The molecule has 0 N–H and O–H groups in total. The van der Waals surface area contributed by atoms with Crippen LogP contribution in [-0.2, 0) is 0 Å². The fourth-order valence-corrected chi connectivity index (χ4v) is 2.00. The van der Waals surface area contributed by atoms with Crippen molar-refractivity contribution in [2.24, 2.45) is 0 Å². The summed E-state index contributed by atoms with van der Waals surface area (Å²) in [4.78, 5) is 16.3. The number of hydrogen-bond donors (Lipinski definition) is 0. The van der Waals surface area contributed by atoms with E-state index in [-0.39, 0.29) is 11.7 Å². The van der Waals surface area contributed by atoms with Crippen LogP contribution in [-0.4, -0.2) is 24.1 Å². The van der Waals surface area contributed by atoms with E-state index in [9.17, 15) is 10.1 Å². The topological polar surface area (TPSA) is 68.5 Å². The van der Waals surface area contributed by atoms with E-state index in [1.807, 2.05) is 43.1 Å². The summed E-state index contributed by atoms with van der Waals surface area (Å²) in [5, 5.41) is 10.6. The third-order valence-electron chi connectivity index (χ3n) is 3.48. The number of ether oxygens (including phenoxy) is 1. The van der Waals surface area contributed by atoms with Gasteiger partial charge in [0, 0.05) is 13.1 Å². The van der Waals surface area contributed by atoms with E-state index >= 15 is 0 Å². The molecule has 0 bridgehead atoms. The van der Waals surface area contributed by atoms with Gasteiger partial charge in [0.25, 0.3) is 5.69 Å². The molecule has 1 aromatic carbocycles. The van der Waals surface area contributed by atoms with Crippen molar-refractivity contribution in [1.82, 2.24) is 4.98 Å². The number of nitrogens with zero attached hydrogens (tertiary/aromatic N) is 3. The maximum Gasteiger partial charge on any atom is 0.287 e. The van der Waals surface area contributed by atoms with Crippen molar-refractivity contribution in [2.45, 2.75) is 13.0 Å². The van der Waals surface area contributed by atoms with Crippen molar-refractivity contribution in [3.05, 3.63) is 58.3 Å². The van der Waals surface area contributed by atoms with Crippen LogP contribution >= 0.6 is 0 Å². The average Bonchev–Trinajstić information content (AvgIpc) is 2.53. The van der Waals surface area contributed by atoms with Gasteiger partial charge >= 0.3 is 0 Å². The van der Waals surface area contributed by atoms with Gasteiger partial charge in [-0.15, -0.1) is 0 Å². The van der Waals surface area contributed by atoms with E-state index in [0.29, 0.717) is 5.82 Å². The molecule has 0 spiro atoms. The van der Waals surface area contributed by atoms with Crippen LogP contribution in [0.2, 0.25) is 0 Å². The normalized spacial score (nSPS) is 11.8. The molecule has 1 atom stereocenters. The third kappa shape index (κ3) is 3.28. The molecule has 0 amide bonds. The van der Waals surface area contributed by atoms with Gasteiger partial charge in [-0.3, -0.25) is 10.1 Å². The molecular weight excluding hydrogens is 270 g/mol. The summed E-state index contributed by atoms with van der Waals surface area (Å²) in [6, 6.07) is 11.0. The van der Waals surface area contributed by atoms with E-state index in [4.69, 9.17) is 4.74 Å². The number of benzene rings is 1. The summed E-state index contributed by atoms with van der Waals surface area (Å²) in [5.74, 6) is 1.49. The maximum atomic E-state index is 10.6. The minimum atomic E-state index is -0.455. The summed E-state index contributed by atoms with van der Waals surface area (Å²) < 4.78 is 5.14. The monoisotopic (exact) mass is 287 g/mol. The van der Waals surface area contributed by atoms with Crippen molar-refractivity contribution in [1.29, 1.82) is 0 Å². The molecular formula is C15H17N3O3. The van der Waals surface area contributed by atoms with E-state index in [2.05, 4.69) is 4.98 Å². The minimum Gasteiger partial charge on any atom is -0.497 e. The second-order valence-corrected chi connectivity index (χ2v) is 4.69. The van der Waals surface area contributed by atoms with Crippen LogP contribution in [0.3, 0.4) is 0 Å². The molecule has 2 rings (SSSR count). The van der Waals surface area contributed by atoms with Crippen molar-refractivity contribution in [3.8, 4) is 5.75 Å². The number of aromatic nitrogens is 1. The number of hydrogen-bond acceptors (Lipinski definition) is 5. The van der Waals surface area contributed by atoms with Crippen LogP contribution in [0.25, 0.3) is 0 Å². The maximum absolute atomic E-state index is 10.6. The van der Waals surface area contributed by atoms with Crippen molar-refractivity contribution < 1.29 is 9.66 Å². The molecule has 0 saturated carbocycles. The van der Waals surface area contributed by atoms with E-state index < -0.39 is 4.92 Å². The summed E-state index contributed by atoms with van der Waals surface area (Å²) in [5.41, 5.74) is 1.10. The first-order valence-corrected chi connectivity index (χ1v) is 6.50. The lowest BCUT2D eigenvalue weighted by molar-refractivity contribution is -0.385. The second-order valence-electron chi connectivity index (χ2n) is 4.69. The van der Waals surface area contributed by atoms with Gasteiger partial charge in [-0.2, -0.15) is 0 Å². The zero-order chi connectivity index (χ0) is 15.4. The second kappa shape index (κ2) is 6.21. The molecule has 21 heavy (non-hydrogen) atoms. The average molecular weight is 287 g/mol. The van der Waals surface area contributed by atoms with Gasteiger partial charge in [-0.1, -0.05) is 12.1 Å². The molecule has 0 aliphatic heterocycles. The first-order chi connectivity index (χ1) is 10.0. The lowest BCUT2D eigenvalue weighted by Crippen LogP contribution is -2.22. The predicted molar refractivity (Wildman–Crippen MR) is 80.7 cm³/mol. The highest BCUT2D eigenvalue weighted by Crippen LogP contribution is 2.26. The Labute approximate surface area is 123 Å². The molecule has 2 aromatic rings. The molecule has 0 aliphatic carbocycles. The Bertz CT molecular complexity index is 611. The Morgan fingerprint density at radius 3 is 2.38 bits per heavy atom. The molecule has 6 heteroatoms.